The monoisotopic (exact) mass is 151 g/mol. The molecule has 0 bridgehead atoms. The lowest BCUT2D eigenvalue weighted by Crippen LogP contribution is -2.13. The molecule has 2 nitrogen and oxygen atoms in total. The van der Waals surface area contributed by atoms with Crippen LogP contribution in [0.3, 0.4) is 0 Å². The minimum atomic E-state index is 0.701. The van der Waals surface area contributed by atoms with Crippen molar-refractivity contribution in [2.24, 2.45) is 0 Å². The molecule has 0 spiro atoms. The topological polar surface area (TPSA) is 21.3 Å². The molecular formula is C9H13NO. The van der Waals surface area contributed by atoms with Crippen molar-refractivity contribution in [2.75, 3.05) is 6.61 Å². The molecule has 0 aromatic heterocycles. The second-order valence-electron chi connectivity index (χ2n) is 2.24. The van der Waals surface area contributed by atoms with Crippen LogP contribution in [-0.4, -0.2) is 6.61 Å². The number of hydrogen-bond donors (Lipinski definition) is 1. The molecule has 0 amide bonds. The van der Waals surface area contributed by atoms with Crippen molar-refractivity contribution in [3.05, 3.63) is 35.9 Å². The molecule has 1 rings (SSSR count). The van der Waals surface area contributed by atoms with Crippen LogP contribution in [0.2, 0.25) is 0 Å². The molecule has 0 heterocycles. The van der Waals surface area contributed by atoms with Gasteiger partial charge in [0, 0.05) is 6.54 Å². The number of benzene rings is 1. The third-order valence-electron chi connectivity index (χ3n) is 1.37. The molecule has 0 saturated heterocycles. The largest absolute Gasteiger partial charge is 0.302 e. The van der Waals surface area contributed by atoms with E-state index < -0.39 is 0 Å². The maximum atomic E-state index is 4.99. The van der Waals surface area contributed by atoms with Gasteiger partial charge < -0.3 is 4.84 Å². The Kier molecular flexibility index (Phi) is 3.65. The summed E-state index contributed by atoms with van der Waals surface area (Å²) in [7, 11) is 0. The maximum Gasteiger partial charge on any atom is 0.0654 e. The lowest BCUT2D eigenvalue weighted by atomic mass is 10.2. The summed E-state index contributed by atoms with van der Waals surface area (Å²) in [5.41, 5.74) is 4.09. The minimum Gasteiger partial charge on any atom is -0.302 e. The van der Waals surface area contributed by atoms with E-state index >= 15 is 0 Å². The van der Waals surface area contributed by atoms with E-state index in [2.05, 4.69) is 17.6 Å². The highest BCUT2D eigenvalue weighted by molar-refractivity contribution is 5.13. The van der Waals surface area contributed by atoms with Gasteiger partial charge in [-0.3, -0.25) is 0 Å². The molecule has 0 unspecified atom stereocenters. The molecular weight excluding hydrogens is 138 g/mol. The van der Waals surface area contributed by atoms with Crippen LogP contribution >= 0.6 is 0 Å². The van der Waals surface area contributed by atoms with Gasteiger partial charge >= 0.3 is 0 Å². The average molecular weight is 151 g/mol. The van der Waals surface area contributed by atoms with E-state index in [0.29, 0.717) is 6.61 Å². The van der Waals surface area contributed by atoms with Crippen molar-refractivity contribution in [1.82, 2.24) is 5.48 Å². The van der Waals surface area contributed by atoms with Gasteiger partial charge in [-0.2, -0.15) is 5.48 Å². The Balaban J connectivity index is 2.28. The number of hydroxylamine groups is 1. The van der Waals surface area contributed by atoms with Crippen molar-refractivity contribution >= 4 is 0 Å². The van der Waals surface area contributed by atoms with E-state index in [9.17, 15) is 0 Å². The summed E-state index contributed by atoms with van der Waals surface area (Å²) in [4.78, 5) is 4.99. The third-order valence-corrected chi connectivity index (χ3v) is 1.37. The van der Waals surface area contributed by atoms with E-state index in [1.54, 1.807) is 0 Å². The molecule has 0 atom stereocenters. The van der Waals surface area contributed by atoms with Gasteiger partial charge in [-0.25, -0.2) is 0 Å². The van der Waals surface area contributed by atoms with Crippen LogP contribution in [0, 0.1) is 0 Å². The van der Waals surface area contributed by atoms with Crippen molar-refractivity contribution in [2.45, 2.75) is 13.5 Å². The summed E-state index contributed by atoms with van der Waals surface area (Å²) in [5, 5.41) is 0. The normalized spacial score (nSPS) is 9.91. The smallest absolute Gasteiger partial charge is 0.0654 e. The average Bonchev–Trinajstić information content (AvgIpc) is 2.07. The first kappa shape index (κ1) is 8.24. The first-order valence-electron chi connectivity index (χ1n) is 3.82. The first-order chi connectivity index (χ1) is 5.43. The quantitative estimate of drug-likeness (QED) is 0.522. The molecule has 1 aromatic carbocycles. The van der Waals surface area contributed by atoms with Gasteiger partial charge in [0.05, 0.1) is 6.61 Å². The lowest BCUT2D eigenvalue weighted by molar-refractivity contribution is 0.0463. The summed E-state index contributed by atoms with van der Waals surface area (Å²) in [6.45, 7) is 3.43. The third kappa shape index (κ3) is 3.16. The highest BCUT2D eigenvalue weighted by atomic mass is 16.6. The van der Waals surface area contributed by atoms with Crippen LogP contribution in [0.4, 0.5) is 0 Å². The van der Waals surface area contributed by atoms with Crippen LogP contribution < -0.4 is 5.48 Å². The van der Waals surface area contributed by atoms with Crippen LogP contribution in [0.1, 0.15) is 12.5 Å². The van der Waals surface area contributed by atoms with E-state index in [0.717, 1.165) is 6.54 Å². The molecule has 0 saturated carbocycles. The number of hydrogen-bond acceptors (Lipinski definition) is 2. The summed E-state index contributed by atoms with van der Waals surface area (Å²) in [6, 6.07) is 10.2. The van der Waals surface area contributed by atoms with Crippen molar-refractivity contribution < 1.29 is 4.84 Å². The zero-order valence-electron chi connectivity index (χ0n) is 6.71. The van der Waals surface area contributed by atoms with E-state index in [1.165, 1.54) is 5.56 Å². The van der Waals surface area contributed by atoms with Crippen molar-refractivity contribution in [3.63, 3.8) is 0 Å². The predicted octanol–water partition coefficient (Wildman–Crippen LogP) is 1.73. The number of nitrogens with one attached hydrogen (secondary N) is 1. The standard InChI is InChI=1S/C9H13NO/c1-2-11-10-8-9-6-4-3-5-7-9/h3-7,10H,2,8H2,1H3. The number of rotatable bonds is 4. The van der Waals surface area contributed by atoms with Crippen molar-refractivity contribution in [3.8, 4) is 0 Å². The first-order valence-corrected chi connectivity index (χ1v) is 3.82. The van der Waals surface area contributed by atoms with Gasteiger partial charge in [-0.15, -0.1) is 0 Å². The van der Waals surface area contributed by atoms with E-state index in [1.807, 2.05) is 25.1 Å². The molecule has 2 heteroatoms. The predicted molar refractivity (Wildman–Crippen MR) is 44.9 cm³/mol. The molecule has 1 N–H and O–H groups in total. The summed E-state index contributed by atoms with van der Waals surface area (Å²) < 4.78 is 0. The molecule has 0 aliphatic carbocycles. The SMILES string of the molecule is CCONCc1ccccc1. The molecule has 0 aliphatic rings. The highest BCUT2D eigenvalue weighted by Gasteiger charge is 1.87. The molecule has 11 heavy (non-hydrogen) atoms. The van der Waals surface area contributed by atoms with Crippen LogP contribution in [-0.2, 0) is 11.4 Å². The molecule has 60 valence electrons. The summed E-state index contributed by atoms with van der Waals surface area (Å²) >= 11 is 0. The van der Waals surface area contributed by atoms with Gasteiger partial charge in [-0.1, -0.05) is 30.3 Å². The van der Waals surface area contributed by atoms with Gasteiger partial charge in [0.1, 0.15) is 0 Å². The second kappa shape index (κ2) is 4.88. The second-order valence-corrected chi connectivity index (χ2v) is 2.24. The Bertz CT molecular complexity index is 186. The van der Waals surface area contributed by atoms with Gasteiger partial charge in [0.25, 0.3) is 0 Å². The fourth-order valence-corrected chi connectivity index (χ4v) is 0.832. The molecule has 0 aliphatic heterocycles. The van der Waals surface area contributed by atoms with Crippen LogP contribution in [0.25, 0.3) is 0 Å². The fraction of sp³-hybridized carbons (Fsp3) is 0.333. The van der Waals surface area contributed by atoms with Gasteiger partial charge in [0.2, 0.25) is 0 Å². The lowest BCUT2D eigenvalue weighted by Gasteiger charge is -2.02. The molecule has 1 aromatic rings. The maximum absolute atomic E-state index is 4.99. The highest BCUT2D eigenvalue weighted by Crippen LogP contribution is 1.96. The Morgan fingerprint density at radius 3 is 2.64 bits per heavy atom. The Morgan fingerprint density at radius 2 is 2.00 bits per heavy atom. The Morgan fingerprint density at radius 1 is 1.27 bits per heavy atom. The van der Waals surface area contributed by atoms with Crippen molar-refractivity contribution in [1.29, 1.82) is 0 Å². The molecule has 0 fully saturated rings. The zero-order valence-corrected chi connectivity index (χ0v) is 6.71. The Labute approximate surface area is 67.1 Å². The summed E-state index contributed by atoms with van der Waals surface area (Å²) in [6.07, 6.45) is 0. The summed E-state index contributed by atoms with van der Waals surface area (Å²) in [5.74, 6) is 0. The molecule has 0 radical (unpaired) electrons. The van der Waals surface area contributed by atoms with Crippen LogP contribution in [0.5, 0.6) is 0 Å². The van der Waals surface area contributed by atoms with Gasteiger partial charge in [-0.05, 0) is 12.5 Å². The Hall–Kier alpha value is -0.860. The van der Waals surface area contributed by atoms with Crippen LogP contribution in [0.15, 0.2) is 30.3 Å². The van der Waals surface area contributed by atoms with E-state index in [4.69, 9.17) is 4.84 Å². The zero-order chi connectivity index (χ0) is 7.94. The van der Waals surface area contributed by atoms with Gasteiger partial charge in [0.15, 0.2) is 0 Å². The minimum absolute atomic E-state index is 0.701. The van der Waals surface area contributed by atoms with E-state index in [-0.39, 0.29) is 0 Å². The fourth-order valence-electron chi connectivity index (χ4n) is 0.832.